The van der Waals surface area contributed by atoms with E-state index in [4.69, 9.17) is 66.4 Å². The average molecular weight is 310 g/mol. The molecule has 0 bridgehead atoms. The Balaban J connectivity index is 2.70. The van der Waals surface area contributed by atoms with Crippen molar-refractivity contribution in [3.05, 3.63) is 20.1 Å². The summed E-state index contributed by atoms with van der Waals surface area (Å²) in [5.74, 6) is -2.27. The van der Waals surface area contributed by atoms with E-state index in [9.17, 15) is 0 Å². The van der Waals surface area contributed by atoms with Crippen LogP contribution in [0.2, 0.25) is 20.1 Å². The molecule has 0 saturated heterocycles. The largest absolute Gasteiger partial charge is 0.436 e. The van der Waals surface area contributed by atoms with Crippen LogP contribution in [0.25, 0.3) is 0 Å². The van der Waals surface area contributed by atoms with Crippen LogP contribution in [0, 0.1) is 22.7 Å². The molecule has 2 rings (SSSR count). The van der Waals surface area contributed by atoms with Crippen LogP contribution in [0.1, 0.15) is 0 Å². The maximum Gasteiger partial charge on any atom is 0.436 e. The summed E-state index contributed by atoms with van der Waals surface area (Å²) in [6.45, 7) is 0. The predicted octanol–water partition coefficient (Wildman–Crippen LogP) is 3.81. The summed E-state index contributed by atoms with van der Waals surface area (Å²) in [6, 6.07) is 3.12. The normalized spacial score (nSPS) is 15.2. The Hall–Kier alpha value is -1.04. The highest BCUT2D eigenvalue weighted by atomic mass is 35.5. The maximum atomic E-state index is 8.83. The number of fused-ring (bicyclic) bond motifs is 1. The van der Waals surface area contributed by atoms with E-state index >= 15 is 0 Å². The second kappa shape index (κ2) is 4.01. The number of benzene rings is 1. The zero-order valence-electron chi connectivity index (χ0n) is 7.72. The lowest BCUT2D eigenvalue weighted by Crippen LogP contribution is -2.34. The van der Waals surface area contributed by atoms with Crippen molar-refractivity contribution in [2.75, 3.05) is 0 Å². The standard InChI is InChI=1S/C9Cl4N2O2/c10-3-4(11)6(13)8-7(5(3)12)16-9(1-14,2-15)17-8. The second-order valence-corrected chi connectivity index (χ2v) is 4.47. The Bertz CT molecular complexity index is 550. The number of nitriles is 2. The van der Waals surface area contributed by atoms with E-state index in [0.29, 0.717) is 0 Å². The summed E-state index contributed by atoms with van der Waals surface area (Å²) in [5.41, 5.74) is 0. The second-order valence-electron chi connectivity index (χ2n) is 2.96. The highest BCUT2D eigenvalue weighted by Crippen LogP contribution is 2.54. The van der Waals surface area contributed by atoms with Crippen LogP contribution >= 0.6 is 46.4 Å². The van der Waals surface area contributed by atoms with Gasteiger partial charge < -0.3 is 9.47 Å². The van der Waals surface area contributed by atoms with Crippen molar-refractivity contribution in [3.63, 3.8) is 0 Å². The Labute approximate surface area is 116 Å². The molecule has 4 nitrogen and oxygen atoms in total. The first kappa shape index (κ1) is 12.4. The first-order valence-electron chi connectivity index (χ1n) is 4.02. The molecule has 0 spiro atoms. The molecule has 86 valence electrons. The Morgan fingerprint density at radius 3 is 1.41 bits per heavy atom. The molecule has 0 radical (unpaired) electrons. The van der Waals surface area contributed by atoms with Crippen LogP contribution in [0.5, 0.6) is 11.5 Å². The minimum atomic E-state index is -2.12. The van der Waals surface area contributed by atoms with Crippen molar-refractivity contribution in [1.82, 2.24) is 0 Å². The number of hydrogen-bond acceptors (Lipinski definition) is 4. The van der Waals surface area contributed by atoms with E-state index in [1.165, 1.54) is 0 Å². The van der Waals surface area contributed by atoms with Crippen LogP contribution in [0.15, 0.2) is 0 Å². The van der Waals surface area contributed by atoms with E-state index in [2.05, 4.69) is 0 Å². The Morgan fingerprint density at radius 2 is 1.12 bits per heavy atom. The first-order valence-corrected chi connectivity index (χ1v) is 5.53. The molecule has 0 N–H and O–H groups in total. The number of nitrogens with zero attached hydrogens (tertiary/aromatic N) is 2. The quantitative estimate of drug-likeness (QED) is 0.540. The van der Waals surface area contributed by atoms with Gasteiger partial charge in [-0.05, 0) is 0 Å². The number of hydrogen-bond donors (Lipinski definition) is 0. The topological polar surface area (TPSA) is 66.0 Å². The molecule has 1 heterocycles. The molecule has 8 heteroatoms. The van der Waals surface area contributed by atoms with E-state index in [-0.39, 0.29) is 31.6 Å². The van der Waals surface area contributed by atoms with Gasteiger partial charge in [0, 0.05) is 0 Å². The lowest BCUT2D eigenvalue weighted by Gasteiger charge is -2.08. The van der Waals surface area contributed by atoms with Crippen molar-refractivity contribution in [2.24, 2.45) is 0 Å². The number of ether oxygens (including phenoxy) is 2. The molecule has 1 aromatic carbocycles. The van der Waals surface area contributed by atoms with Crippen LogP contribution in [-0.4, -0.2) is 5.79 Å². The third-order valence-corrected chi connectivity index (χ3v) is 3.74. The van der Waals surface area contributed by atoms with Gasteiger partial charge in [-0.25, -0.2) is 0 Å². The summed E-state index contributed by atoms with van der Waals surface area (Å²) in [7, 11) is 0. The molecule has 0 unspecified atom stereocenters. The molecular weight excluding hydrogens is 310 g/mol. The third kappa shape index (κ3) is 1.66. The van der Waals surface area contributed by atoms with Gasteiger partial charge >= 0.3 is 5.79 Å². The molecule has 0 saturated carbocycles. The van der Waals surface area contributed by atoms with Crippen molar-refractivity contribution in [3.8, 4) is 23.6 Å². The predicted molar refractivity (Wildman–Crippen MR) is 61.7 cm³/mol. The van der Waals surface area contributed by atoms with Gasteiger partial charge in [0.15, 0.2) is 23.6 Å². The molecule has 1 aliphatic rings. The summed E-state index contributed by atoms with van der Waals surface area (Å²) in [5, 5.41) is 17.5. The van der Waals surface area contributed by atoms with Gasteiger partial charge in [0.25, 0.3) is 0 Å². The molecule has 0 aromatic heterocycles. The molecule has 0 aliphatic carbocycles. The minimum absolute atomic E-state index is 0.0348. The summed E-state index contributed by atoms with van der Waals surface area (Å²) < 4.78 is 10.1. The number of halogens is 4. The van der Waals surface area contributed by atoms with E-state index in [1.807, 2.05) is 0 Å². The SMILES string of the molecule is N#CC1(C#N)Oc2c(Cl)c(Cl)c(Cl)c(Cl)c2O1. The van der Waals surface area contributed by atoms with Gasteiger partial charge in [0.1, 0.15) is 10.0 Å². The molecule has 1 aromatic rings. The average Bonchev–Trinajstić information content (AvgIpc) is 2.74. The zero-order chi connectivity index (χ0) is 12.8. The maximum absolute atomic E-state index is 8.83. The molecule has 1 aliphatic heterocycles. The van der Waals surface area contributed by atoms with Crippen molar-refractivity contribution >= 4 is 46.4 Å². The van der Waals surface area contributed by atoms with Crippen LogP contribution < -0.4 is 9.47 Å². The van der Waals surface area contributed by atoms with Gasteiger partial charge in [0.2, 0.25) is 0 Å². The van der Waals surface area contributed by atoms with Crippen LogP contribution in [-0.2, 0) is 0 Å². The molecule has 0 atom stereocenters. The molecular formula is C9Cl4N2O2. The summed E-state index contributed by atoms with van der Waals surface area (Å²) in [4.78, 5) is 0. The molecule has 0 amide bonds. The van der Waals surface area contributed by atoms with Gasteiger partial charge in [0.05, 0.1) is 10.0 Å². The monoisotopic (exact) mass is 308 g/mol. The highest BCUT2D eigenvalue weighted by molar-refractivity contribution is 6.53. The highest BCUT2D eigenvalue weighted by Gasteiger charge is 2.46. The van der Waals surface area contributed by atoms with Gasteiger partial charge in [-0.3, -0.25) is 0 Å². The smallest absolute Gasteiger partial charge is 0.424 e. The minimum Gasteiger partial charge on any atom is -0.424 e. The lowest BCUT2D eigenvalue weighted by molar-refractivity contribution is 0.0300. The molecule has 0 fully saturated rings. The van der Waals surface area contributed by atoms with Crippen molar-refractivity contribution in [1.29, 1.82) is 10.5 Å². The fourth-order valence-corrected chi connectivity index (χ4v) is 2.09. The van der Waals surface area contributed by atoms with Crippen molar-refractivity contribution < 1.29 is 9.47 Å². The fourth-order valence-electron chi connectivity index (χ4n) is 1.20. The third-order valence-electron chi connectivity index (χ3n) is 1.97. The van der Waals surface area contributed by atoms with Crippen LogP contribution in [0.3, 0.4) is 0 Å². The number of rotatable bonds is 0. The van der Waals surface area contributed by atoms with Crippen LogP contribution in [0.4, 0.5) is 0 Å². The molecule has 17 heavy (non-hydrogen) atoms. The summed E-state index contributed by atoms with van der Waals surface area (Å²) >= 11 is 23.3. The fraction of sp³-hybridized carbons (Fsp3) is 0.111. The van der Waals surface area contributed by atoms with E-state index < -0.39 is 5.79 Å². The van der Waals surface area contributed by atoms with Gasteiger partial charge in [-0.2, -0.15) is 10.5 Å². The van der Waals surface area contributed by atoms with Gasteiger partial charge in [-0.1, -0.05) is 46.4 Å². The Morgan fingerprint density at radius 1 is 0.765 bits per heavy atom. The first-order chi connectivity index (χ1) is 7.95. The van der Waals surface area contributed by atoms with Gasteiger partial charge in [-0.15, -0.1) is 0 Å². The Kier molecular flexibility index (Phi) is 2.93. The lowest BCUT2D eigenvalue weighted by atomic mass is 10.3. The van der Waals surface area contributed by atoms with E-state index in [1.54, 1.807) is 12.1 Å². The van der Waals surface area contributed by atoms with E-state index in [0.717, 1.165) is 0 Å². The summed E-state index contributed by atoms with van der Waals surface area (Å²) in [6.07, 6.45) is 0. The van der Waals surface area contributed by atoms with Crippen molar-refractivity contribution in [2.45, 2.75) is 5.79 Å². The zero-order valence-corrected chi connectivity index (χ0v) is 10.7.